The third-order valence-electron chi connectivity index (χ3n) is 5.70. The molecule has 0 N–H and O–H groups in total. The van der Waals surface area contributed by atoms with Crippen LogP contribution in [0.3, 0.4) is 0 Å². The van der Waals surface area contributed by atoms with Crippen molar-refractivity contribution in [2.24, 2.45) is 0 Å². The van der Waals surface area contributed by atoms with Crippen LogP contribution < -0.4 is 4.74 Å². The molecule has 4 rings (SSSR count). The Morgan fingerprint density at radius 3 is 2.35 bits per heavy atom. The van der Waals surface area contributed by atoms with E-state index in [0.717, 1.165) is 6.07 Å². The lowest BCUT2D eigenvalue weighted by Gasteiger charge is -2.36. The Morgan fingerprint density at radius 2 is 1.71 bits per heavy atom. The second-order valence-corrected chi connectivity index (χ2v) is 11.2. The molecular weight excluding hydrogens is 493 g/mol. The summed E-state index contributed by atoms with van der Waals surface area (Å²) >= 11 is 6.22. The largest absolute Gasteiger partial charge is 0.487 e. The predicted octanol–water partition coefficient (Wildman–Crippen LogP) is 5.32. The molecule has 178 valence electrons. The Balaban J connectivity index is 1.99. The van der Waals surface area contributed by atoms with Crippen molar-refractivity contribution in [1.82, 2.24) is 9.97 Å². The molecule has 0 bridgehead atoms. The maximum Gasteiger partial charge on any atom is 0.416 e. The zero-order valence-corrected chi connectivity index (χ0v) is 19.5. The van der Waals surface area contributed by atoms with E-state index in [9.17, 15) is 26.4 Å². The highest BCUT2D eigenvalue weighted by molar-refractivity contribution is 7.93. The number of fused-ring (bicyclic) bond motifs is 1. The predicted molar refractivity (Wildman–Crippen MR) is 118 cm³/mol. The van der Waals surface area contributed by atoms with Gasteiger partial charge in [0.15, 0.2) is 15.1 Å². The Labute approximate surface area is 198 Å². The van der Waals surface area contributed by atoms with Gasteiger partial charge < -0.3 is 4.74 Å². The van der Waals surface area contributed by atoms with Gasteiger partial charge in [-0.3, -0.25) is 9.78 Å². The minimum Gasteiger partial charge on any atom is -0.487 e. The fraction of sp³-hybridized carbons (Fsp3) is 0.261. The first-order valence-electron chi connectivity index (χ1n) is 10.0. The van der Waals surface area contributed by atoms with Crippen LogP contribution in [-0.4, -0.2) is 24.2 Å². The van der Waals surface area contributed by atoms with E-state index < -0.39 is 48.7 Å². The van der Waals surface area contributed by atoms with Gasteiger partial charge in [0.05, 0.1) is 16.3 Å². The van der Waals surface area contributed by atoms with Crippen LogP contribution in [-0.2, 0) is 27.4 Å². The van der Waals surface area contributed by atoms with Crippen molar-refractivity contribution in [3.05, 3.63) is 88.0 Å². The highest BCUT2D eigenvalue weighted by atomic mass is 35.5. The van der Waals surface area contributed by atoms with Crippen LogP contribution in [0.1, 0.15) is 52.0 Å². The summed E-state index contributed by atoms with van der Waals surface area (Å²) < 4.78 is 73.5. The summed E-state index contributed by atoms with van der Waals surface area (Å²) in [6.07, 6.45) is -2.59. The van der Waals surface area contributed by atoms with Crippen LogP contribution >= 0.6 is 11.6 Å². The van der Waals surface area contributed by atoms with Crippen LogP contribution in [0.25, 0.3) is 0 Å². The van der Waals surface area contributed by atoms with Crippen molar-refractivity contribution >= 4 is 27.2 Å². The third kappa shape index (κ3) is 3.84. The van der Waals surface area contributed by atoms with E-state index in [0.29, 0.717) is 11.6 Å². The Kier molecular flexibility index (Phi) is 5.93. The van der Waals surface area contributed by atoms with Crippen LogP contribution in [0.2, 0.25) is 5.02 Å². The van der Waals surface area contributed by atoms with Gasteiger partial charge in [-0.2, -0.15) is 13.2 Å². The molecule has 0 fully saturated rings. The Morgan fingerprint density at radius 1 is 1.06 bits per heavy atom. The molecule has 2 heterocycles. The number of benzene rings is 2. The van der Waals surface area contributed by atoms with Crippen molar-refractivity contribution in [2.45, 2.75) is 36.6 Å². The van der Waals surface area contributed by atoms with Gasteiger partial charge in [-0.1, -0.05) is 41.9 Å². The number of halogens is 4. The van der Waals surface area contributed by atoms with Gasteiger partial charge in [0, 0.05) is 18.0 Å². The summed E-state index contributed by atoms with van der Waals surface area (Å²) in [5.41, 5.74) is -2.01. The van der Waals surface area contributed by atoms with Crippen LogP contribution in [0, 0.1) is 0 Å². The van der Waals surface area contributed by atoms with Crippen molar-refractivity contribution in [3.8, 4) is 5.75 Å². The zero-order chi connectivity index (χ0) is 24.9. The van der Waals surface area contributed by atoms with E-state index >= 15 is 0 Å². The SMILES string of the molecule is CC1(C)c2nccnc2C(=O)C(c2c(C(F)(F)F)ccc(Cl)c2OCc2ccccc2)S1(=O)=O. The fourth-order valence-corrected chi connectivity index (χ4v) is 6.06. The summed E-state index contributed by atoms with van der Waals surface area (Å²) in [6, 6.07) is 10.1. The highest BCUT2D eigenvalue weighted by Gasteiger charge is 2.56. The number of rotatable bonds is 4. The average molecular weight is 511 g/mol. The number of carbonyl (C=O) groups excluding carboxylic acids is 1. The number of aromatic nitrogens is 2. The molecule has 6 nitrogen and oxygen atoms in total. The highest BCUT2D eigenvalue weighted by Crippen LogP contribution is 2.52. The van der Waals surface area contributed by atoms with Crippen molar-refractivity contribution in [1.29, 1.82) is 0 Å². The van der Waals surface area contributed by atoms with Crippen LogP contribution in [0.4, 0.5) is 13.2 Å². The molecular formula is C23H18ClF3N2O4S. The molecule has 34 heavy (non-hydrogen) atoms. The molecule has 1 aliphatic rings. The van der Waals surface area contributed by atoms with Gasteiger partial charge in [0.25, 0.3) is 0 Å². The zero-order valence-electron chi connectivity index (χ0n) is 17.9. The lowest BCUT2D eigenvalue weighted by molar-refractivity contribution is -0.138. The van der Waals surface area contributed by atoms with Crippen molar-refractivity contribution < 1.29 is 31.1 Å². The lowest BCUT2D eigenvalue weighted by Crippen LogP contribution is -2.44. The maximum absolute atomic E-state index is 14.1. The number of Topliss-reactive ketones (excluding diaryl/α,β-unsaturated/α-hetero) is 1. The van der Waals surface area contributed by atoms with E-state index in [2.05, 4.69) is 9.97 Å². The summed E-state index contributed by atoms with van der Waals surface area (Å²) in [5, 5.41) is -2.50. The molecule has 0 radical (unpaired) electrons. The number of ketones is 1. The van der Waals surface area contributed by atoms with E-state index in [1.807, 2.05) is 0 Å². The van der Waals surface area contributed by atoms with Crippen LogP contribution in [0.5, 0.6) is 5.75 Å². The second kappa shape index (κ2) is 8.35. The van der Waals surface area contributed by atoms with Gasteiger partial charge in [-0.15, -0.1) is 0 Å². The monoisotopic (exact) mass is 510 g/mol. The van der Waals surface area contributed by atoms with Crippen molar-refractivity contribution in [3.63, 3.8) is 0 Å². The number of alkyl halides is 3. The van der Waals surface area contributed by atoms with E-state index in [-0.39, 0.29) is 23.0 Å². The summed E-state index contributed by atoms with van der Waals surface area (Å²) in [4.78, 5) is 21.3. The molecule has 0 saturated carbocycles. The number of ether oxygens (including phenoxy) is 1. The summed E-state index contributed by atoms with van der Waals surface area (Å²) in [5.74, 6) is -1.65. The molecule has 11 heteroatoms. The quantitative estimate of drug-likeness (QED) is 0.472. The maximum atomic E-state index is 14.1. The molecule has 2 aromatic carbocycles. The number of hydrogen-bond donors (Lipinski definition) is 0. The standard InChI is InChI=1S/C23H18ClF3N2O4S/c1-22(2)21-17(28-10-11-29-21)18(30)20(34(22,31)32)16-14(23(25,26)27)8-9-15(24)19(16)33-12-13-6-4-3-5-7-13/h3-11,20H,12H2,1-2H3. The molecule has 0 amide bonds. The molecule has 0 saturated heterocycles. The first kappa shape index (κ1) is 24.2. The smallest absolute Gasteiger partial charge is 0.416 e. The van der Waals surface area contributed by atoms with Crippen molar-refractivity contribution in [2.75, 3.05) is 0 Å². The molecule has 0 aliphatic carbocycles. The van der Waals surface area contributed by atoms with Gasteiger partial charge in [0.1, 0.15) is 22.8 Å². The fourth-order valence-electron chi connectivity index (χ4n) is 3.90. The Hall–Kier alpha value is -2.98. The van der Waals surface area contributed by atoms with Crippen LogP contribution in [0.15, 0.2) is 54.9 Å². The average Bonchev–Trinajstić information content (AvgIpc) is 2.77. The normalized spacial score (nSPS) is 18.9. The number of hydrogen-bond acceptors (Lipinski definition) is 6. The number of nitrogens with zero attached hydrogens (tertiary/aromatic N) is 2. The first-order valence-corrected chi connectivity index (χ1v) is 11.9. The van der Waals surface area contributed by atoms with Gasteiger partial charge in [-0.05, 0) is 31.5 Å². The number of carbonyl (C=O) groups is 1. The lowest BCUT2D eigenvalue weighted by atomic mass is 9.95. The van der Waals surface area contributed by atoms with Gasteiger partial charge in [-0.25, -0.2) is 13.4 Å². The molecule has 1 atom stereocenters. The number of sulfone groups is 1. The minimum atomic E-state index is -4.99. The molecule has 1 unspecified atom stereocenters. The second-order valence-electron chi connectivity index (χ2n) is 8.16. The molecule has 0 spiro atoms. The topological polar surface area (TPSA) is 86.2 Å². The minimum absolute atomic E-state index is 0.126. The summed E-state index contributed by atoms with van der Waals surface area (Å²) in [7, 11) is -4.61. The Bertz CT molecular complexity index is 1380. The summed E-state index contributed by atoms with van der Waals surface area (Å²) in [6.45, 7) is 2.35. The van der Waals surface area contributed by atoms with E-state index in [4.69, 9.17) is 16.3 Å². The molecule has 1 aromatic heterocycles. The van der Waals surface area contributed by atoms with E-state index in [1.54, 1.807) is 30.3 Å². The molecule has 3 aromatic rings. The van der Waals surface area contributed by atoms with Gasteiger partial charge >= 0.3 is 6.18 Å². The third-order valence-corrected chi connectivity index (χ3v) is 8.69. The van der Waals surface area contributed by atoms with E-state index in [1.165, 1.54) is 26.2 Å². The van der Waals surface area contributed by atoms with Gasteiger partial charge in [0.2, 0.25) is 5.78 Å². The first-order chi connectivity index (χ1) is 15.9. The molecule has 1 aliphatic heterocycles.